The van der Waals surface area contributed by atoms with Crippen LogP contribution in [0.1, 0.15) is 12.5 Å². The van der Waals surface area contributed by atoms with Crippen molar-refractivity contribution in [3.05, 3.63) is 54.1 Å². The van der Waals surface area contributed by atoms with Gasteiger partial charge < -0.3 is 4.74 Å². The van der Waals surface area contributed by atoms with Gasteiger partial charge >= 0.3 is 0 Å². The van der Waals surface area contributed by atoms with Crippen molar-refractivity contribution in [1.29, 1.82) is 0 Å². The molecule has 2 heterocycles. The zero-order valence-electron chi connectivity index (χ0n) is 17.7. The van der Waals surface area contributed by atoms with Crippen molar-refractivity contribution in [3.8, 4) is 0 Å². The molecule has 1 aliphatic heterocycles. The third kappa shape index (κ3) is 6.43. The summed E-state index contributed by atoms with van der Waals surface area (Å²) in [6, 6.07) is 16.5. The molecule has 1 fully saturated rings. The molecule has 4 rings (SSSR count). The number of hydrogen-bond acceptors (Lipinski definition) is 6. The number of morpholine rings is 1. The van der Waals surface area contributed by atoms with Crippen LogP contribution in [-0.2, 0) is 16.0 Å². The fourth-order valence-corrected chi connectivity index (χ4v) is 5.29. The summed E-state index contributed by atoms with van der Waals surface area (Å²) >= 11 is 3.19. The van der Waals surface area contributed by atoms with Gasteiger partial charge in [-0.25, -0.2) is 4.98 Å². The number of hydrogen-bond donors (Lipinski definition) is 0. The van der Waals surface area contributed by atoms with Crippen LogP contribution < -0.4 is 4.90 Å². The number of nitrogens with zero attached hydrogens (tertiary/aromatic N) is 3. The third-order valence-electron chi connectivity index (χ3n) is 5.23. The molecule has 0 radical (unpaired) electrons. The number of carbonyl (C=O) groups excluding carboxylic acids is 1. The molecule has 1 aliphatic rings. The zero-order valence-corrected chi connectivity index (χ0v) is 20.1. The van der Waals surface area contributed by atoms with E-state index in [1.807, 2.05) is 35.2 Å². The average Bonchev–Trinajstić information content (AvgIpc) is 3.22. The summed E-state index contributed by atoms with van der Waals surface area (Å²) in [5, 5.41) is 0.796. The van der Waals surface area contributed by atoms with Crippen LogP contribution in [0.15, 0.2) is 53.4 Å². The van der Waals surface area contributed by atoms with E-state index in [0.29, 0.717) is 12.3 Å². The molecule has 0 spiro atoms. The van der Waals surface area contributed by atoms with E-state index in [0.717, 1.165) is 59.5 Å². The van der Waals surface area contributed by atoms with Crippen molar-refractivity contribution in [1.82, 2.24) is 9.88 Å². The zero-order chi connectivity index (χ0) is 20.8. The molecule has 0 atom stereocenters. The molecule has 2 aromatic carbocycles. The van der Waals surface area contributed by atoms with Gasteiger partial charge in [0.2, 0.25) is 5.91 Å². The molecule has 1 saturated heterocycles. The van der Waals surface area contributed by atoms with Crippen molar-refractivity contribution in [2.75, 3.05) is 50.0 Å². The minimum absolute atomic E-state index is 0. The molecule has 0 aliphatic carbocycles. The number of carbonyl (C=O) groups is 1. The molecule has 166 valence electrons. The lowest BCUT2D eigenvalue weighted by Gasteiger charge is -2.29. The average molecular weight is 478 g/mol. The largest absolute Gasteiger partial charge is 0.379 e. The molecule has 5 nitrogen and oxygen atoms in total. The fourth-order valence-electron chi connectivity index (χ4n) is 3.43. The van der Waals surface area contributed by atoms with Gasteiger partial charge in [-0.05, 0) is 36.2 Å². The molecule has 8 heteroatoms. The molecule has 0 saturated carbocycles. The van der Waals surface area contributed by atoms with E-state index >= 15 is 0 Å². The number of benzene rings is 2. The van der Waals surface area contributed by atoms with Crippen LogP contribution in [0, 0.1) is 0 Å². The standard InChI is InChI=1S/C23H27N3O2S2.ClH/c1-2-18-8-9-20-21(16-18)30-23(24-20)26(11-10-25-12-14-28-15-13-25)22(27)17-29-19-6-4-3-5-7-19;/h3-9,16H,2,10-15,17H2,1H3;1H. The highest BCUT2D eigenvalue weighted by molar-refractivity contribution is 8.00. The summed E-state index contributed by atoms with van der Waals surface area (Å²) in [4.78, 5) is 23.4. The van der Waals surface area contributed by atoms with Crippen molar-refractivity contribution in [2.24, 2.45) is 0 Å². The lowest BCUT2D eigenvalue weighted by atomic mass is 10.2. The Bertz CT molecular complexity index is 977. The first kappa shape index (κ1) is 24.0. The van der Waals surface area contributed by atoms with Crippen molar-refractivity contribution < 1.29 is 9.53 Å². The number of fused-ring (bicyclic) bond motifs is 1. The Labute approximate surface area is 198 Å². The highest BCUT2D eigenvalue weighted by Gasteiger charge is 2.21. The molecule has 0 N–H and O–H groups in total. The number of ether oxygens (including phenoxy) is 1. The summed E-state index contributed by atoms with van der Waals surface area (Å²) in [5.74, 6) is 0.510. The number of anilines is 1. The summed E-state index contributed by atoms with van der Waals surface area (Å²) in [6.07, 6.45) is 0.997. The van der Waals surface area contributed by atoms with Gasteiger partial charge in [0.1, 0.15) is 0 Å². The van der Waals surface area contributed by atoms with Gasteiger partial charge in [0.05, 0.1) is 29.2 Å². The highest BCUT2D eigenvalue weighted by atomic mass is 35.5. The van der Waals surface area contributed by atoms with Crippen LogP contribution in [0.25, 0.3) is 10.2 Å². The summed E-state index contributed by atoms with van der Waals surface area (Å²) in [6.45, 7) is 7.00. The van der Waals surface area contributed by atoms with Crippen LogP contribution >= 0.6 is 35.5 Å². The quantitative estimate of drug-likeness (QED) is 0.438. The van der Waals surface area contributed by atoms with Crippen molar-refractivity contribution in [2.45, 2.75) is 18.2 Å². The van der Waals surface area contributed by atoms with Gasteiger partial charge in [-0.3, -0.25) is 14.6 Å². The lowest BCUT2D eigenvalue weighted by molar-refractivity contribution is -0.116. The number of thiazole rings is 1. The topological polar surface area (TPSA) is 45.7 Å². The van der Waals surface area contributed by atoms with E-state index in [1.54, 1.807) is 23.1 Å². The number of halogens is 1. The first-order chi connectivity index (χ1) is 14.7. The number of aryl methyl sites for hydroxylation is 1. The second-order valence-electron chi connectivity index (χ2n) is 7.25. The van der Waals surface area contributed by atoms with Gasteiger partial charge in [-0.2, -0.15) is 0 Å². The summed E-state index contributed by atoms with van der Waals surface area (Å²) in [7, 11) is 0. The normalized spacial score (nSPS) is 14.4. The smallest absolute Gasteiger partial charge is 0.239 e. The summed E-state index contributed by atoms with van der Waals surface area (Å²) < 4.78 is 6.59. The van der Waals surface area contributed by atoms with Crippen LogP contribution in [0.2, 0.25) is 0 Å². The van der Waals surface area contributed by atoms with E-state index in [2.05, 4.69) is 30.0 Å². The van der Waals surface area contributed by atoms with Gasteiger partial charge in [-0.15, -0.1) is 24.2 Å². The highest BCUT2D eigenvalue weighted by Crippen LogP contribution is 2.30. The second-order valence-corrected chi connectivity index (χ2v) is 9.31. The fraction of sp³-hybridized carbons (Fsp3) is 0.391. The summed E-state index contributed by atoms with van der Waals surface area (Å²) in [5.41, 5.74) is 2.26. The number of thioether (sulfide) groups is 1. The van der Waals surface area contributed by atoms with Gasteiger partial charge in [0, 0.05) is 31.1 Å². The van der Waals surface area contributed by atoms with E-state index < -0.39 is 0 Å². The van der Waals surface area contributed by atoms with Crippen LogP contribution in [0.3, 0.4) is 0 Å². The molecular formula is C23H28ClN3O2S2. The minimum Gasteiger partial charge on any atom is -0.379 e. The Morgan fingerprint density at radius 1 is 1.19 bits per heavy atom. The molecule has 3 aromatic rings. The Morgan fingerprint density at radius 2 is 1.97 bits per heavy atom. The lowest BCUT2D eigenvalue weighted by Crippen LogP contribution is -2.43. The van der Waals surface area contributed by atoms with Crippen LogP contribution in [0.4, 0.5) is 5.13 Å². The monoisotopic (exact) mass is 477 g/mol. The van der Waals surface area contributed by atoms with Gasteiger partial charge in [0.25, 0.3) is 0 Å². The van der Waals surface area contributed by atoms with Crippen LogP contribution in [0.5, 0.6) is 0 Å². The minimum atomic E-state index is 0. The maximum absolute atomic E-state index is 13.2. The molecule has 0 bridgehead atoms. The van der Waals surface area contributed by atoms with Crippen LogP contribution in [-0.4, -0.2) is 60.9 Å². The maximum Gasteiger partial charge on any atom is 0.239 e. The molecular weight excluding hydrogens is 450 g/mol. The molecule has 1 amide bonds. The van der Waals surface area contributed by atoms with Crippen molar-refractivity contribution >= 4 is 56.8 Å². The second kappa shape index (κ2) is 11.8. The van der Waals surface area contributed by atoms with Crippen molar-refractivity contribution in [3.63, 3.8) is 0 Å². The van der Waals surface area contributed by atoms with Gasteiger partial charge in [-0.1, -0.05) is 42.5 Å². The van der Waals surface area contributed by atoms with E-state index in [-0.39, 0.29) is 18.3 Å². The Balaban J connectivity index is 0.00000272. The number of rotatable bonds is 8. The molecule has 1 aromatic heterocycles. The Kier molecular flexibility index (Phi) is 9.16. The molecule has 31 heavy (non-hydrogen) atoms. The third-order valence-corrected chi connectivity index (χ3v) is 7.27. The van der Waals surface area contributed by atoms with E-state index in [9.17, 15) is 4.79 Å². The van der Waals surface area contributed by atoms with E-state index in [1.165, 1.54) is 5.56 Å². The SMILES string of the molecule is CCc1ccc2nc(N(CCN3CCOCC3)C(=O)CSc3ccccc3)sc2c1.Cl. The first-order valence-electron chi connectivity index (χ1n) is 10.4. The maximum atomic E-state index is 13.2. The number of aromatic nitrogens is 1. The van der Waals surface area contributed by atoms with Gasteiger partial charge in [0.15, 0.2) is 5.13 Å². The Hall–Kier alpha value is -1.64. The molecule has 0 unspecified atom stereocenters. The first-order valence-corrected chi connectivity index (χ1v) is 12.2. The predicted octanol–water partition coefficient (Wildman–Crippen LogP) is 4.74. The van der Waals surface area contributed by atoms with E-state index in [4.69, 9.17) is 9.72 Å². The predicted molar refractivity (Wildman–Crippen MR) is 133 cm³/mol. The Morgan fingerprint density at radius 3 is 2.71 bits per heavy atom. The number of amides is 1.